The molecule has 3 unspecified atom stereocenters. The van der Waals surface area contributed by atoms with Gasteiger partial charge < -0.3 is 4.74 Å². The average Bonchev–Trinajstić information content (AvgIpc) is 3.28. The van der Waals surface area contributed by atoms with Crippen LogP contribution in [0.5, 0.6) is 5.75 Å². The first-order chi connectivity index (χ1) is 21.0. The molecule has 3 atom stereocenters. The van der Waals surface area contributed by atoms with E-state index >= 15 is 4.39 Å². The molecule has 4 aromatic rings. The fourth-order valence-electron chi connectivity index (χ4n) is 6.47. The molecule has 0 amide bonds. The van der Waals surface area contributed by atoms with Gasteiger partial charge in [-0.2, -0.15) is 17.6 Å². The summed E-state index contributed by atoms with van der Waals surface area (Å²) in [4.78, 5) is 22.7. The van der Waals surface area contributed by atoms with E-state index in [1.807, 2.05) is 18.2 Å². The highest BCUT2D eigenvalue weighted by molar-refractivity contribution is 6.31. The number of nitrogens with zero attached hydrogens (tertiary/aromatic N) is 6. The largest absolute Gasteiger partial charge is 0.489 e. The SMILES string of the molecule is C=C1COc2cc(C3=NC(F)=C(C4C5CC5c5nc(-c6cc(Cl)ccc6-n6cc(C(F)(F)F)nn6)cc(=O)n54)C3)ccc2C1. The van der Waals surface area contributed by atoms with Gasteiger partial charge >= 0.3 is 6.18 Å². The van der Waals surface area contributed by atoms with Crippen molar-refractivity contribution in [3.63, 3.8) is 0 Å². The molecule has 222 valence electrons. The van der Waals surface area contributed by atoms with E-state index in [-0.39, 0.29) is 29.6 Å². The van der Waals surface area contributed by atoms with E-state index in [0.29, 0.717) is 34.3 Å². The van der Waals surface area contributed by atoms with Crippen LogP contribution in [0.3, 0.4) is 0 Å². The summed E-state index contributed by atoms with van der Waals surface area (Å²) in [5.41, 5.74) is 2.94. The number of aliphatic imine (C=N–C) groups is 1. The molecule has 8 nitrogen and oxygen atoms in total. The third-order valence-electron chi connectivity index (χ3n) is 8.59. The first-order valence-electron chi connectivity index (χ1n) is 13.9. The van der Waals surface area contributed by atoms with Gasteiger partial charge in [-0.05, 0) is 47.7 Å². The zero-order valence-corrected chi connectivity index (χ0v) is 23.5. The van der Waals surface area contributed by atoms with Crippen molar-refractivity contribution in [2.75, 3.05) is 6.61 Å². The van der Waals surface area contributed by atoms with Crippen LogP contribution in [0, 0.1) is 5.92 Å². The Balaban J connectivity index is 1.13. The van der Waals surface area contributed by atoms with Crippen molar-refractivity contribution < 1.29 is 22.3 Å². The summed E-state index contributed by atoms with van der Waals surface area (Å²) in [5, 5.41) is 7.17. The van der Waals surface area contributed by atoms with Crippen molar-refractivity contribution >= 4 is 17.3 Å². The van der Waals surface area contributed by atoms with Gasteiger partial charge in [0.2, 0.25) is 5.95 Å². The van der Waals surface area contributed by atoms with E-state index in [1.165, 1.54) is 28.8 Å². The molecule has 1 saturated carbocycles. The number of fused-ring (bicyclic) bond motifs is 4. The maximum atomic E-state index is 15.5. The first-order valence-corrected chi connectivity index (χ1v) is 14.2. The van der Waals surface area contributed by atoms with Gasteiger partial charge in [0.15, 0.2) is 5.69 Å². The monoisotopic (exact) mass is 620 g/mol. The molecule has 4 aliphatic rings. The minimum atomic E-state index is -4.68. The molecular weight excluding hydrogens is 600 g/mol. The second-order valence-corrected chi connectivity index (χ2v) is 11.9. The number of benzene rings is 2. The average molecular weight is 621 g/mol. The molecule has 5 heterocycles. The Labute approximate surface area is 252 Å². The zero-order chi connectivity index (χ0) is 30.5. The Kier molecular flexibility index (Phi) is 5.80. The van der Waals surface area contributed by atoms with E-state index in [1.54, 1.807) is 0 Å². The van der Waals surface area contributed by atoms with Crippen molar-refractivity contribution in [3.8, 4) is 22.7 Å². The Bertz CT molecular complexity index is 2050. The number of alkyl halides is 3. The second kappa shape index (κ2) is 9.46. The van der Waals surface area contributed by atoms with Crippen molar-refractivity contribution in [2.24, 2.45) is 10.9 Å². The molecule has 2 aromatic carbocycles. The quantitative estimate of drug-likeness (QED) is 0.150. The highest BCUT2D eigenvalue weighted by atomic mass is 35.5. The highest BCUT2D eigenvalue weighted by Gasteiger charge is 2.56. The second-order valence-electron chi connectivity index (χ2n) is 11.5. The Hall–Kier alpha value is -4.58. The maximum Gasteiger partial charge on any atom is 0.436 e. The van der Waals surface area contributed by atoms with E-state index in [9.17, 15) is 18.0 Å². The van der Waals surface area contributed by atoms with Gasteiger partial charge in [-0.15, -0.1) is 5.10 Å². The maximum absolute atomic E-state index is 15.5. The fourth-order valence-corrected chi connectivity index (χ4v) is 6.64. The molecule has 44 heavy (non-hydrogen) atoms. The lowest BCUT2D eigenvalue weighted by atomic mass is 9.95. The van der Waals surface area contributed by atoms with Crippen LogP contribution in [0.15, 0.2) is 82.1 Å². The lowest BCUT2D eigenvalue weighted by Crippen LogP contribution is -2.27. The summed E-state index contributed by atoms with van der Waals surface area (Å²) in [6.45, 7) is 4.41. The summed E-state index contributed by atoms with van der Waals surface area (Å²) < 4.78 is 63.4. The van der Waals surface area contributed by atoms with Crippen LogP contribution in [0.4, 0.5) is 17.6 Å². The van der Waals surface area contributed by atoms with Crippen LogP contribution in [0.25, 0.3) is 16.9 Å². The highest BCUT2D eigenvalue weighted by Crippen LogP contribution is 2.61. The van der Waals surface area contributed by atoms with Gasteiger partial charge in [-0.25, -0.2) is 14.7 Å². The number of halogens is 5. The van der Waals surface area contributed by atoms with Crippen LogP contribution < -0.4 is 10.3 Å². The van der Waals surface area contributed by atoms with Crippen molar-refractivity contribution in [2.45, 2.75) is 37.4 Å². The van der Waals surface area contributed by atoms with Gasteiger partial charge in [0.1, 0.15) is 18.2 Å². The number of ether oxygens (including phenoxy) is 1. The summed E-state index contributed by atoms with van der Waals surface area (Å²) in [7, 11) is 0. The van der Waals surface area contributed by atoms with Crippen molar-refractivity contribution in [1.29, 1.82) is 0 Å². The Morgan fingerprint density at radius 1 is 1.09 bits per heavy atom. The van der Waals surface area contributed by atoms with Crippen LogP contribution in [-0.2, 0) is 12.6 Å². The summed E-state index contributed by atoms with van der Waals surface area (Å²) in [5.74, 6) is 0.554. The predicted octanol–water partition coefficient (Wildman–Crippen LogP) is 6.39. The Morgan fingerprint density at radius 2 is 1.93 bits per heavy atom. The van der Waals surface area contributed by atoms with E-state index in [2.05, 4.69) is 21.9 Å². The summed E-state index contributed by atoms with van der Waals surface area (Å²) >= 11 is 6.25. The molecule has 13 heteroatoms. The van der Waals surface area contributed by atoms with Crippen molar-refractivity contribution in [1.82, 2.24) is 24.5 Å². The number of hydrogen-bond donors (Lipinski definition) is 0. The Morgan fingerprint density at radius 3 is 2.73 bits per heavy atom. The molecule has 3 aliphatic heterocycles. The molecule has 0 spiro atoms. The van der Waals surface area contributed by atoms with Gasteiger partial charge in [0.25, 0.3) is 5.56 Å². The summed E-state index contributed by atoms with van der Waals surface area (Å²) in [6, 6.07) is 11.0. The van der Waals surface area contributed by atoms with Crippen LogP contribution in [0.2, 0.25) is 5.02 Å². The molecule has 0 saturated heterocycles. The molecular formula is C31H21ClF4N6O2. The minimum Gasteiger partial charge on any atom is -0.489 e. The fraction of sp³-hybridized carbons (Fsp3) is 0.258. The van der Waals surface area contributed by atoms with Gasteiger partial charge in [-0.3, -0.25) is 9.36 Å². The molecule has 8 rings (SSSR count). The van der Waals surface area contributed by atoms with Crippen LogP contribution >= 0.6 is 11.6 Å². The third-order valence-corrected chi connectivity index (χ3v) is 8.82. The molecule has 1 fully saturated rings. The topological polar surface area (TPSA) is 87.2 Å². The number of allylic oxidation sites excluding steroid dienone is 1. The molecule has 0 bridgehead atoms. The molecule has 0 radical (unpaired) electrons. The lowest BCUT2D eigenvalue weighted by Gasteiger charge is -2.21. The number of hydrogen-bond acceptors (Lipinski definition) is 6. The minimum absolute atomic E-state index is 0.0119. The van der Waals surface area contributed by atoms with Gasteiger partial charge in [0, 0.05) is 46.5 Å². The summed E-state index contributed by atoms with van der Waals surface area (Å²) in [6.07, 6.45) is -2.22. The normalized spacial score (nSPS) is 22.0. The predicted molar refractivity (Wildman–Crippen MR) is 153 cm³/mol. The first kappa shape index (κ1) is 27.0. The molecule has 1 aliphatic carbocycles. The smallest absolute Gasteiger partial charge is 0.436 e. The van der Waals surface area contributed by atoms with Crippen molar-refractivity contribution in [3.05, 3.63) is 110 Å². The van der Waals surface area contributed by atoms with E-state index in [4.69, 9.17) is 21.3 Å². The van der Waals surface area contributed by atoms with E-state index in [0.717, 1.165) is 46.2 Å². The lowest BCUT2D eigenvalue weighted by molar-refractivity contribution is -0.141. The van der Waals surface area contributed by atoms with Crippen LogP contribution in [-0.4, -0.2) is 36.9 Å². The van der Waals surface area contributed by atoms with Gasteiger partial charge in [-0.1, -0.05) is 35.5 Å². The number of aromatic nitrogens is 5. The van der Waals surface area contributed by atoms with E-state index < -0.39 is 29.4 Å². The standard InChI is InChI=1S/C31H21ClF4N6O2/c1-14-6-16-3-2-15(7-25(16)44-13-14)22-10-21(29(33)37-22)28-18-9-19(18)30-38-23(11-27(43)42(28)30)20-8-17(32)4-5-24(20)41-12-26(39-40-41)31(34,35)36/h2-5,7-8,11-12,18-19,28H,1,6,9-10,13H2. The van der Waals surface area contributed by atoms with Gasteiger partial charge in [0.05, 0.1) is 29.3 Å². The van der Waals surface area contributed by atoms with Crippen LogP contribution in [0.1, 0.15) is 47.4 Å². The molecule has 0 N–H and O–H groups in total. The molecule has 2 aromatic heterocycles. The third kappa shape index (κ3) is 4.30. The number of rotatable bonds is 4. The zero-order valence-electron chi connectivity index (χ0n) is 22.8.